The number of rotatable bonds is 2. The molecule has 0 saturated carbocycles. The first-order chi connectivity index (χ1) is 8.02. The summed E-state index contributed by atoms with van der Waals surface area (Å²) in [5.41, 5.74) is 1.53. The number of carbonyl (C=O) groups is 1. The van der Waals surface area contributed by atoms with Crippen LogP contribution in [0.1, 0.15) is 36.3 Å². The lowest BCUT2D eigenvalue weighted by Gasteiger charge is -2.29. The third kappa shape index (κ3) is 2.67. The summed E-state index contributed by atoms with van der Waals surface area (Å²) in [6.45, 7) is 4.18. The molecule has 0 amide bonds. The molecule has 0 spiro atoms. The molecular formula is C13H14N2OS. The van der Waals surface area contributed by atoms with Gasteiger partial charge in [0, 0.05) is 12.6 Å². The van der Waals surface area contributed by atoms with Gasteiger partial charge in [-0.05, 0) is 11.8 Å². The summed E-state index contributed by atoms with van der Waals surface area (Å²) in [7, 11) is 0. The lowest BCUT2D eigenvalue weighted by atomic mass is 9.76. The van der Waals surface area contributed by atoms with Gasteiger partial charge in [-0.3, -0.25) is 4.79 Å². The van der Waals surface area contributed by atoms with Crippen molar-refractivity contribution in [3.05, 3.63) is 17.5 Å². The Bertz CT molecular complexity index is 503. The molecule has 0 radical (unpaired) electrons. The Kier molecular flexibility index (Phi) is 3.21. The molecule has 0 aromatic carbocycles. The molecule has 4 heteroatoms. The number of hydrogen-bond acceptors (Lipinski definition) is 4. The molecule has 2 rings (SSSR count). The molecule has 0 saturated heterocycles. The number of nitrogens with zero attached hydrogens (tertiary/aromatic N) is 2. The lowest BCUT2D eigenvalue weighted by Crippen LogP contribution is -2.28. The number of thioether (sulfide) groups is 1. The minimum Gasteiger partial charge on any atom is -0.294 e. The van der Waals surface area contributed by atoms with Crippen LogP contribution in [0.3, 0.4) is 0 Å². The number of fused-ring (bicyclic) bond motifs is 1. The van der Waals surface area contributed by atoms with Crippen molar-refractivity contribution in [1.82, 2.24) is 9.97 Å². The maximum Gasteiger partial charge on any atom is 0.188 e. The Labute approximate surface area is 105 Å². The molecule has 1 aliphatic carbocycles. The number of hydrogen-bond donors (Lipinski definition) is 0. The predicted octanol–water partition coefficient (Wildman–Crippen LogP) is 2.36. The molecule has 1 aliphatic rings. The van der Waals surface area contributed by atoms with E-state index < -0.39 is 0 Å². The number of ketones is 1. The Morgan fingerprint density at radius 2 is 2.29 bits per heavy atom. The van der Waals surface area contributed by atoms with Crippen molar-refractivity contribution in [2.45, 2.75) is 31.8 Å². The van der Waals surface area contributed by atoms with Crippen LogP contribution in [0.15, 0.2) is 11.4 Å². The quantitative estimate of drug-likeness (QED) is 0.456. The summed E-state index contributed by atoms with van der Waals surface area (Å²) in [4.78, 5) is 20.5. The highest BCUT2D eigenvalue weighted by atomic mass is 32.2. The van der Waals surface area contributed by atoms with Gasteiger partial charge in [-0.2, -0.15) is 0 Å². The molecule has 0 atom stereocenters. The Balaban J connectivity index is 2.32. The van der Waals surface area contributed by atoms with Crippen LogP contribution in [0.5, 0.6) is 0 Å². The van der Waals surface area contributed by atoms with Gasteiger partial charge in [-0.25, -0.2) is 9.97 Å². The Morgan fingerprint density at radius 3 is 3.00 bits per heavy atom. The van der Waals surface area contributed by atoms with Crippen LogP contribution in [-0.4, -0.2) is 21.5 Å². The van der Waals surface area contributed by atoms with Crippen LogP contribution in [0, 0.1) is 17.8 Å². The fourth-order valence-electron chi connectivity index (χ4n) is 1.99. The molecule has 1 heterocycles. The maximum atomic E-state index is 11.9. The van der Waals surface area contributed by atoms with Gasteiger partial charge in [0.15, 0.2) is 10.9 Å². The van der Waals surface area contributed by atoms with Crippen molar-refractivity contribution in [3.63, 3.8) is 0 Å². The van der Waals surface area contributed by atoms with Gasteiger partial charge in [-0.15, -0.1) is 6.42 Å². The SMILES string of the molecule is C#CCSc1ncc2c(n1)CC(C)(C)CC2=O. The van der Waals surface area contributed by atoms with Crippen molar-refractivity contribution in [1.29, 1.82) is 0 Å². The van der Waals surface area contributed by atoms with Gasteiger partial charge in [0.05, 0.1) is 17.0 Å². The summed E-state index contributed by atoms with van der Waals surface area (Å²) in [6.07, 6.45) is 8.23. The van der Waals surface area contributed by atoms with Gasteiger partial charge < -0.3 is 0 Å². The number of Topliss-reactive ketones (excluding diaryl/α,β-unsaturated/α-hetero) is 1. The Morgan fingerprint density at radius 1 is 1.53 bits per heavy atom. The third-order valence-electron chi connectivity index (χ3n) is 2.72. The van der Waals surface area contributed by atoms with Crippen LogP contribution >= 0.6 is 11.8 Å². The zero-order valence-electron chi connectivity index (χ0n) is 9.99. The predicted molar refractivity (Wildman–Crippen MR) is 68.0 cm³/mol. The molecule has 1 aromatic heterocycles. The summed E-state index contributed by atoms with van der Waals surface area (Å²) < 4.78 is 0. The van der Waals surface area contributed by atoms with E-state index in [9.17, 15) is 4.79 Å². The van der Waals surface area contributed by atoms with Crippen LogP contribution < -0.4 is 0 Å². The zero-order valence-corrected chi connectivity index (χ0v) is 10.8. The second-order valence-electron chi connectivity index (χ2n) is 4.95. The molecule has 88 valence electrons. The molecule has 0 bridgehead atoms. The molecule has 0 fully saturated rings. The van der Waals surface area contributed by atoms with E-state index >= 15 is 0 Å². The maximum absolute atomic E-state index is 11.9. The molecular weight excluding hydrogens is 232 g/mol. The monoisotopic (exact) mass is 246 g/mol. The molecule has 17 heavy (non-hydrogen) atoms. The van der Waals surface area contributed by atoms with Crippen LogP contribution in [0.4, 0.5) is 0 Å². The van der Waals surface area contributed by atoms with Gasteiger partial charge in [0.25, 0.3) is 0 Å². The summed E-state index contributed by atoms with van der Waals surface area (Å²) in [5, 5.41) is 0.659. The van der Waals surface area contributed by atoms with Crippen molar-refractivity contribution >= 4 is 17.5 Å². The van der Waals surface area contributed by atoms with E-state index in [-0.39, 0.29) is 11.2 Å². The van der Waals surface area contributed by atoms with Crippen molar-refractivity contribution in [2.75, 3.05) is 5.75 Å². The average Bonchev–Trinajstić information content (AvgIpc) is 2.24. The van der Waals surface area contributed by atoms with E-state index in [1.54, 1.807) is 6.20 Å². The fraction of sp³-hybridized carbons (Fsp3) is 0.462. The summed E-state index contributed by atoms with van der Waals surface area (Å²) in [5.74, 6) is 3.23. The first kappa shape index (κ1) is 12.1. The first-order valence-electron chi connectivity index (χ1n) is 5.47. The standard InChI is InChI=1S/C13H14N2OS/c1-4-5-17-12-14-8-9-10(15-12)6-13(2,3)7-11(9)16/h1,8H,5-7H2,2-3H3. The minimum absolute atomic E-state index is 0.00745. The van der Waals surface area contributed by atoms with E-state index in [4.69, 9.17) is 6.42 Å². The van der Waals surface area contributed by atoms with Gasteiger partial charge in [0.2, 0.25) is 0 Å². The molecule has 0 unspecified atom stereocenters. The number of terminal acetylenes is 1. The average molecular weight is 246 g/mol. The van der Waals surface area contributed by atoms with E-state index in [1.165, 1.54) is 11.8 Å². The van der Waals surface area contributed by atoms with E-state index in [0.717, 1.165) is 12.1 Å². The highest BCUT2D eigenvalue weighted by Crippen LogP contribution is 2.33. The molecule has 3 nitrogen and oxygen atoms in total. The van der Waals surface area contributed by atoms with Gasteiger partial charge in [0.1, 0.15) is 0 Å². The van der Waals surface area contributed by atoms with E-state index in [0.29, 0.717) is 22.9 Å². The zero-order chi connectivity index (χ0) is 12.5. The number of carbonyl (C=O) groups excluding carboxylic acids is 1. The Hall–Kier alpha value is -1.34. The lowest BCUT2D eigenvalue weighted by molar-refractivity contribution is 0.0909. The topological polar surface area (TPSA) is 42.9 Å². The van der Waals surface area contributed by atoms with Crippen molar-refractivity contribution in [2.24, 2.45) is 5.41 Å². The van der Waals surface area contributed by atoms with Crippen LogP contribution in [-0.2, 0) is 6.42 Å². The number of aromatic nitrogens is 2. The van der Waals surface area contributed by atoms with Crippen LogP contribution in [0.2, 0.25) is 0 Å². The third-order valence-corrected chi connectivity index (χ3v) is 3.48. The normalized spacial score (nSPS) is 17.4. The molecule has 0 N–H and O–H groups in total. The second-order valence-corrected chi connectivity index (χ2v) is 5.89. The van der Waals surface area contributed by atoms with Crippen LogP contribution in [0.25, 0.3) is 0 Å². The van der Waals surface area contributed by atoms with Crippen molar-refractivity contribution in [3.8, 4) is 12.3 Å². The largest absolute Gasteiger partial charge is 0.294 e. The van der Waals surface area contributed by atoms with Crippen molar-refractivity contribution < 1.29 is 4.79 Å². The summed E-state index contributed by atoms with van der Waals surface area (Å²) in [6, 6.07) is 0. The van der Waals surface area contributed by atoms with E-state index in [1.807, 2.05) is 0 Å². The highest BCUT2D eigenvalue weighted by Gasteiger charge is 2.32. The van der Waals surface area contributed by atoms with Gasteiger partial charge >= 0.3 is 0 Å². The minimum atomic E-state index is -0.00745. The fourth-order valence-corrected chi connectivity index (χ4v) is 2.50. The molecule has 1 aromatic rings. The highest BCUT2D eigenvalue weighted by molar-refractivity contribution is 7.99. The molecule has 0 aliphatic heterocycles. The smallest absolute Gasteiger partial charge is 0.188 e. The van der Waals surface area contributed by atoms with E-state index in [2.05, 4.69) is 29.7 Å². The summed E-state index contributed by atoms with van der Waals surface area (Å²) >= 11 is 1.42. The first-order valence-corrected chi connectivity index (χ1v) is 6.46. The van der Waals surface area contributed by atoms with Gasteiger partial charge in [-0.1, -0.05) is 31.5 Å². The second kappa shape index (κ2) is 4.50.